The molecule has 6 heteroatoms. The van der Waals surface area contributed by atoms with Crippen molar-refractivity contribution >= 4 is 15.9 Å². The minimum absolute atomic E-state index is 0.109. The van der Waals surface area contributed by atoms with Gasteiger partial charge in [0.2, 0.25) is 5.89 Å². The van der Waals surface area contributed by atoms with Gasteiger partial charge in [0.15, 0.2) is 15.7 Å². The van der Waals surface area contributed by atoms with Gasteiger partial charge in [-0.05, 0) is 42.1 Å². The van der Waals surface area contributed by atoms with E-state index in [0.29, 0.717) is 24.1 Å². The number of allylic oxidation sites excluding steroid dienone is 1. The van der Waals surface area contributed by atoms with Gasteiger partial charge in [-0.2, -0.15) is 4.98 Å². The highest BCUT2D eigenvalue weighted by molar-refractivity contribution is 7.91. The molecule has 0 bridgehead atoms. The molecule has 0 radical (unpaired) electrons. The normalized spacial score (nSPS) is 36.0. The Morgan fingerprint density at radius 3 is 2.57 bits per heavy atom. The molecule has 2 heterocycles. The van der Waals surface area contributed by atoms with Crippen LogP contribution in [0.2, 0.25) is 0 Å². The van der Waals surface area contributed by atoms with Gasteiger partial charge in [-0.3, -0.25) is 0 Å². The Bertz CT molecular complexity index is 720. The zero-order valence-electron chi connectivity index (χ0n) is 14.4. The summed E-state index contributed by atoms with van der Waals surface area (Å²) in [6.45, 7) is 9.23. The van der Waals surface area contributed by atoms with E-state index in [2.05, 4.69) is 43.9 Å². The van der Waals surface area contributed by atoms with Gasteiger partial charge in [0.25, 0.3) is 0 Å². The van der Waals surface area contributed by atoms with Crippen molar-refractivity contribution in [2.24, 2.45) is 16.7 Å². The Balaban J connectivity index is 1.75. The van der Waals surface area contributed by atoms with Crippen molar-refractivity contribution in [3.8, 4) is 0 Å². The Kier molecular flexibility index (Phi) is 3.94. The Labute approximate surface area is 138 Å². The summed E-state index contributed by atoms with van der Waals surface area (Å²) in [5.74, 6) is 1.92. The molecule has 2 fully saturated rings. The Morgan fingerprint density at radius 2 is 2.00 bits per heavy atom. The highest BCUT2D eigenvalue weighted by Gasteiger charge is 2.47. The smallest absolute Gasteiger partial charge is 0.250 e. The summed E-state index contributed by atoms with van der Waals surface area (Å²) in [5.41, 5.74) is 0.337. The summed E-state index contributed by atoms with van der Waals surface area (Å²) >= 11 is 0. The number of aromatic nitrogens is 2. The molecule has 1 aromatic heterocycles. The highest BCUT2D eigenvalue weighted by atomic mass is 32.2. The van der Waals surface area contributed by atoms with Crippen LogP contribution < -0.4 is 0 Å². The van der Waals surface area contributed by atoms with Gasteiger partial charge in [0.1, 0.15) is 0 Å². The minimum atomic E-state index is -2.93. The molecule has 0 amide bonds. The lowest BCUT2D eigenvalue weighted by molar-refractivity contribution is 0.145. The molecule has 128 valence electrons. The molecule has 0 N–H and O–H groups in total. The van der Waals surface area contributed by atoms with Gasteiger partial charge in [0, 0.05) is 5.92 Å². The molecular formula is C17H26N2O3S. The van der Waals surface area contributed by atoms with Crippen molar-refractivity contribution in [2.75, 3.05) is 11.5 Å². The van der Waals surface area contributed by atoms with Crippen molar-refractivity contribution in [1.29, 1.82) is 0 Å². The number of hydrogen-bond donors (Lipinski definition) is 0. The summed E-state index contributed by atoms with van der Waals surface area (Å²) in [6.07, 6.45) is 7.06. The second-order valence-corrected chi connectivity index (χ2v) is 10.2. The van der Waals surface area contributed by atoms with Gasteiger partial charge in [-0.15, -0.1) is 0 Å². The third kappa shape index (κ3) is 2.97. The van der Waals surface area contributed by atoms with Crippen molar-refractivity contribution in [1.82, 2.24) is 10.1 Å². The van der Waals surface area contributed by atoms with Crippen LogP contribution in [0.5, 0.6) is 0 Å². The van der Waals surface area contributed by atoms with Crippen molar-refractivity contribution in [3.63, 3.8) is 0 Å². The molecular weight excluding hydrogens is 312 g/mol. The lowest BCUT2D eigenvalue weighted by Crippen LogP contribution is -2.31. The van der Waals surface area contributed by atoms with Gasteiger partial charge >= 0.3 is 0 Å². The number of nitrogens with zero attached hydrogens (tertiary/aromatic N) is 2. The van der Waals surface area contributed by atoms with Gasteiger partial charge in [-0.1, -0.05) is 38.9 Å². The number of rotatable bonds is 3. The number of sulfone groups is 1. The first-order chi connectivity index (χ1) is 10.6. The van der Waals surface area contributed by atoms with Crippen LogP contribution in [0.1, 0.15) is 64.6 Å². The fourth-order valence-electron chi connectivity index (χ4n) is 3.79. The molecule has 1 aromatic rings. The summed E-state index contributed by atoms with van der Waals surface area (Å²) in [7, 11) is -2.93. The standard InChI is InChI=1S/C17H26N2O3S/c1-12-5-8-17(4,16(12,2)3)9-6-14-18-15(19-22-14)13-7-10-23(20,21)11-13/h6,9,12-13H,5,7-8,10-11H2,1-4H3/b9-6+. The molecule has 23 heavy (non-hydrogen) atoms. The molecule has 3 rings (SSSR count). The van der Waals surface area contributed by atoms with E-state index in [0.717, 1.165) is 6.42 Å². The average molecular weight is 338 g/mol. The molecule has 0 spiro atoms. The fraction of sp³-hybridized carbons (Fsp3) is 0.765. The molecule has 1 aliphatic carbocycles. The quantitative estimate of drug-likeness (QED) is 0.844. The summed E-state index contributed by atoms with van der Waals surface area (Å²) in [6, 6.07) is 0. The SMILES string of the molecule is CC1CCC(C)(/C=C/c2nc(C3CCS(=O)(=O)C3)no2)C1(C)C. The molecule has 5 nitrogen and oxygen atoms in total. The van der Waals surface area contributed by atoms with E-state index in [1.54, 1.807) is 0 Å². The van der Waals surface area contributed by atoms with Crippen LogP contribution in [-0.2, 0) is 9.84 Å². The average Bonchev–Trinajstić information content (AvgIpc) is 3.12. The zero-order valence-corrected chi connectivity index (χ0v) is 15.2. The van der Waals surface area contributed by atoms with E-state index in [4.69, 9.17) is 4.52 Å². The Morgan fingerprint density at radius 1 is 1.26 bits per heavy atom. The predicted octanol–water partition coefficient (Wildman–Crippen LogP) is 3.45. The first-order valence-corrected chi connectivity index (χ1v) is 10.2. The van der Waals surface area contributed by atoms with Crippen molar-refractivity contribution < 1.29 is 12.9 Å². The largest absolute Gasteiger partial charge is 0.335 e. The van der Waals surface area contributed by atoms with E-state index in [9.17, 15) is 8.42 Å². The third-order valence-corrected chi connectivity index (χ3v) is 8.22. The summed E-state index contributed by atoms with van der Waals surface area (Å²) < 4.78 is 28.4. The van der Waals surface area contributed by atoms with Crippen LogP contribution in [0.3, 0.4) is 0 Å². The lowest BCUT2D eigenvalue weighted by atomic mass is 9.66. The molecule has 3 unspecified atom stereocenters. The molecule has 1 aliphatic heterocycles. The van der Waals surface area contributed by atoms with E-state index < -0.39 is 9.84 Å². The van der Waals surface area contributed by atoms with E-state index in [-0.39, 0.29) is 28.3 Å². The van der Waals surface area contributed by atoms with Gasteiger partial charge in [-0.25, -0.2) is 8.42 Å². The van der Waals surface area contributed by atoms with E-state index >= 15 is 0 Å². The number of hydrogen-bond acceptors (Lipinski definition) is 5. The fourth-order valence-corrected chi connectivity index (χ4v) is 5.53. The molecule has 3 atom stereocenters. The van der Waals surface area contributed by atoms with Crippen molar-refractivity contribution in [2.45, 2.75) is 52.9 Å². The van der Waals surface area contributed by atoms with Crippen LogP contribution in [-0.4, -0.2) is 30.1 Å². The first kappa shape index (κ1) is 16.7. The molecule has 1 saturated carbocycles. The maximum atomic E-state index is 11.6. The van der Waals surface area contributed by atoms with Crippen LogP contribution in [0, 0.1) is 16.7 Å². The van der Waals surface area contributed by atoms with Crippen LogP contribution in [0.15, 0.2) is 10.6 Å². The summed E-state index contributed by atoms with van der Waals surface area (Å²) in [5, 5.41) is 3.98. The monoisotopic (exact) mass is 338 g/mol. The topological polar surface area (TPSA) is 73.1 Å². The van der Waals surface area contributed by atoms with Crippen LogP contribution >= 0.6 is 0 Å². The Hall–Kier alpha value is -1.17. The second-order valence-electron chi connectivity index (χ2n) is 8.00. The van der Waals surface area contributed by atoms with Gasteiger partial charge in [0.05, 0.1) is 11.5 Å². The second kappa shape index (κ2) is 5.43. The maximum Gasteiger partial charge on any atom is 0.250 e. The predicted molar refractivity (Wildman–Crippen MR) is 89.6 cm³/mol. The highest BCUT2D eigenvalue weighted by Crippen LogP contribution is 2.56. The summed E-state index contributed by atoms with van der Waals surface area (Å²) in [4.78, 5) is 4.39. The van der Waals surface area contributed by atoms with Crippen LogP contribution in [0.4, 0.5) is 0 Å². The molecule has 1 saturated heterocycles. The molecule has 2 aliphatic rings. The van der Waals surface area contributed by atoms with Gasteiger partial charge < -0.3 is 4.52 Å². The van der Waals surface area contributed by atoms with E-state index in [1.165, 1.54) is 6.42 Å². The lowest BCUT2D eigenvalue weighted by Gasteiger charge is -2.38. The maximum absolute atomic E-state index is 11.6. The molecule has 0 aromatic carbocycles. The van der Waals surface area contributed by atoms with E-state index in [1.807, 2.05) is 6.08 Å². The first-order valence-electron chi connectivity index (χ1n) is 8.36. The van der Waals surface area contributed by atoms with Crippen LogP contribution in [0.25, 0.3) is 6.08 Å². The van der Waals surface area contributed by atoms with Crippen molar-refractivity contribution in [3.05, 3.63) is 17.8 Å². The zero-order chi connectivity index (χ0) is 16.9. The third-order valence-electron chi connectivity index (χ3n) is 6.45. The minimum Gasteiger partial charge on any atom is -0.335 e.